The van der Waals surface area contributed by atoms with Gasteiger partial charge in [-0.15, -0.1) is 0 Å². The Morgan fingerprint density at radius 3 is 2.61 bits per heavy atom. The molecule has 1 saturated carbocycles. The van der Waals surface area contributed by atoms with Gasteiger partial charge >= 0.3 is 0 Å². The standard InChI is InChI=1S/C26H21ClF3N5O3/c1-13-10-33-23(17-3-6-31-20(34-17)9-26(37)4-5-26)22(30)24(13)35-14(2)7-19(21(27)25(35)36)38-12-18-16(29)8-15(28)11-32-18/h3,6-8,10-11,37H,4-5,9,12H2,1-2H3. The minimum absolute atomic E-state index is 0.0678. The van der Waals surface area contributed by atoms with Crippen molar-refractivity contribution in [1.29, 1.82) is 0 Å². The van der Waals surface area contributed by atoms with Crippen LogP contribution in [0.5, 0.6) is 5.75 Å². The second-order valence-electron chi connectivity index (χ2n) is 9.19. The number of aromatic nitrogens is 5. The van der Waals surface area contributed by atoms with Gasteiger partial charge in [-0.1, -0.05) is 11.6 Å². The Hall–Kier alpha value is -3.83. The van der Waals surface area contributed by atoms with Crippen molar-refractivity contribution < 1.29 is 23.0 Å². The third-order valence-electron chi connectivity index (χ3n) is 6.21. The minimum Gasteiger partial charge on any atom is -0.485 e. The predicted molar refractivity (Wildman–Crippen MR) is 132 cm³/mol. The first-order chi connectivity index (χ1) is 18.1. The molecule has 4 heterocycles. The van der Waals surface area contributed by atoms with Gasteiger partial charge in [0, 0.05) is 36.6 Å². The van der Waals surface area contributed by atoms with Gasteiger partial charge in [-0.2, -0.15) is 0 Å². The Bertz CT molecular complexity index is 1620. The average molecular weight is 544 g/mol. The highest BCUT2D eigenvalue weighted by molar-refractivity contribution is 6.31. The van der Waals surface area contributed by atoms with Gasteiger partial charge in [-0.25, -0.2) is 23.1 Å². The number of pyridine rings is 3. The van der Waals surface area contributed by atoms with Crippen molar-refractivity contribution in [3.05, 3.63) is 92.4 Å². The van der Waals surface area contributed by atoms with E-state index < -0.39 is 35.2 Å². The average Bonchev–Trinajstić information content (AvgIpc) is 3.59. The molecule has 0 spiro atoms. The molecule has 0 atom stereocenters. The van der Waals surface area contributed by atoms with Crippen LogP contribution in [0, 0.1) is 31.3 Å². The summed E-state index contributed by atoms with van der Waals surface area (Å²) in [5.41, 5.74) is -1.11. The molecule has 0 bridgehead atoms. The SMILES string of the molecule is Cc1cnc(-c2ccnc(CC3(O)CC3)n2)c(F)c1-n1c(C)cc(OCc2ncc(F)cc2F)c(Cl)c1=O. The van der Waals surface area contributed by atoms with E-state index in [4.69, 9.17) is 16.3 Å². The molecule has 8 nitrogen and oxygen atoms in total. The normalized spacial score (nSPS) is 14.0. The summed E-state index contributed by atoms with van der Waals surface area (Å²) in [6.45, 7) is 2.74. The summed E-state index contributed by atoms with van der Waals surface area (Å²) in [5.74, 6) is -2.26. The van der Waals surface area contributed by atoms with Gasteiger partial charge in [-0.05, 0) is 38.3 Å². The van der Waals surface area contributed by atoms with E-state index in [1.807, 2.05) is 0 Å². The minimum atomic E-state index is -0.910. The molecule has 12 heteroatoms. The number of nitrogens with zero attached hydrogens (tertiary/aromatic N) is 5. The van der Waals surface area contributed by atoms with E-state index in [-0.39, 0.29) is 45.7 Å². The first-order valence-corrected chi connectivity index (χ1v) is 12.0. The van der Waals surface area contributed by atoms with Crippen LogP contribution in [0.2, 0.25) is 5.02 Å². The van der Waals surface area contributed by atoms with Crippen LogP contribution >= 0.6 is 11.6 Å². The predicted octanol–water partition coefficient (Wildman–Crippen LogP) is 4.42. The second kappa shape index (κ2) is 9.80. The highest BCUT2D eigenvalue weighted by atomic mass is 35.5. The van der Waals surface area contributed by atoms with Crippen LogP contribution in [0.15, 0.2) is 41.6 Å². The number of ether oxygens (including phenoxy) is 1. The van der Waals surface area contributed by atoms with Gasteiger partial charge in [0.05, 0.1) is 23.2 Å². The molecule has 1 N–H and O–H groups in total. The topological polar surface area (TPSA) is 103 Å². The van der Waals surface area contributed by atoms with Crippen molar-refractivity contribution in [2.75, 3.05) is 0 Å². The monoisotopic (exact) mass is 543 g/mol. The lowest BCUT2D eigenvalue weighted by atomic mass is 10.1. The molecule has 1 aliphatic rings. The van der Waals surface area contributed by atoms with E-state index in [1.165, 1.54) is 24.5 Å². The van der Waals surface area contributed by atoms with E-state index in [2.05, 4.69) is 19.9 Å². The van der Waals surface area contributed by atoms with E-state index in [1.54, 1.807) is 13.8 Å². The summed E-state index contributed by atoms with van der Waals surface area (Å²) in [7, 11) is 0. The van der Waals surface area contributed by atoms with Gasteiger partial charge in [0.15, 0.2) is 11.6 Å². The molecule has 0 aromatic carbocycles. The quantitative estimate of drug-likeness (QED) is 0.368. The van der Waals surface area contributed by atoms with E-state index >= 15 is 4.39 Å². The fourth-order valence-corrected chi connectivity index (χ4v) is 4.20. The first-order valence-electron chi connectivity index (χ1n) is 11.6. The number of hydrogen-bond donors (Lipinski definition) is 1. The molecule has 0 amide bonds. The Kier molecular flexibility index (Phi) is 6.66. The maximum atomic E-state index is 15.9. The van der Waals surface area contributed by atoms with Gasteiger partial charge in [0.1, 0.15) is 40.4 Å². The molecule has 1 fully saturated rings. The summed E-state index contributed by atoms with van der Waals surface area (Å²) < 4.78 is 49.6. The van der Waals surface area contributed by atoms with Crippen LogP contribution in [0.3, 0.4) is 0 Å². The number of aryl methyl sites for hydroxylation is 2. The van der Waals surface area contributed by atoms with E-state index in [0.29, 0.717) is 30.3 Å². The third kappa shape index (κ3) is 4.99. The summed E-state index contributed by atoms with van der Waals surface area (Å²) in [6.07, 6.45) is 5.27. The van der Waals surface area contributed by atoms with Crippen LogP contribution < -0.4 is 10.3 Å². The fourth-order valence-electron chi connectivity index (χ4n) is 4.01. The molecule has 0 aliphatic heterocycles. The molecule has 38 heavy (non-hydrogen) atoms. The van der Waals surface area contributed by atoms with Crippen molar-refractivity contribution in [2.45, 2.75) is 45.3 Å². The largest absolute Gasteiger partial charge is 0.485 e. The number of halogens is 4. The number of hydrogen-bond acceptors (Lipinski definition) is 7. The zero-order chi connectivity index (χ0) is 27.2. The number of aliphatic hydroxyl groups is 1. The Balaban J connectivity index is 1.51. The highest BCUT2D eigenvalue weighted by Gasteiger charge is 2.41. The van der Waals surface area contributed by atoms with Crippen molar-refractivity contribution in [3.63, 3.8) is 0 Å². The summed E-state index contributed by atoms with van der Waals surface area (Å²) in [6, 6.07) is 3.56. The fraction of sp³-hybridized carbons (Fsp3) is 0.269. The van der Waals surface area contributed by atoms with Crippen molar-refractivity contribution >= 4 is 11.6 Å². The maximum Gasteiger partial charge on any atom is 0.278 e. The van der Waals surface area contributed by atoms with Crippen molar-refractivity contribution in [3.8, 4) is 22.8 Å². The maximum absolute atomic E-state index is 15.9. The van der Waals surface area contributed by atoms with E-state index in [0.717, 1.165) is 10.8 Å². The summed E-state index contributed by atoms with van der Waals surface area (Å²) >= 11 is 6.29. The lowest BCUT2D eigenvalue weighted by Gasteiger charge is -2.18. The lowest BCUT2D eigenvalue weighted by Crippen LogP contribution is -2.24. The van der Waals surface area contributed by atoms with Crippen LogP contribution in [-0.2, 0) is 13.0 Å². The van der Waals surface area contributed by atoms with Crippen LogP contribution in [0.25, 0.3) is 17.1 Å². The zero-order valence-electron chi connectivity index (χ0n) is 20.3. The molecular weight excluding hydrogens is 523 g/mol. The zero-order valence-corrected chi connectivity index (χ0v) is 21.1. The van der Waals surface area contributed by atoms with Gasteiger partial charge in [0.2, 0.25) is 0 Å². The van der Waals surface area contributed by atoms with Crippen LogP contribution in [-0.4, -0.2) is 35.2 Å². The molecule has 4 aromatic rings. The Morgan fingerprint density at radius 1 is 1.13 bits per heavy atom. The van der Waals surface area contributed by atoms with Crippen LogP contribution in [0.4, 0.5) is 13.2 Å². The van der Waals surface area contributed by atoms with Crippen molar-refractivity contribution in [1.82, 2.24) is 24.5 Å². The summed E-state index contributed by atoms with van der Waals surface area (Å²) in [4.78, 5) is 29.6. The molecule has 4 aromatic heterocycles. The molecule has 0 saturated heterocycles. The third-order valence-corrected chi connectivity index (χ3v) is 6.56. The first kappa shape index (κ1) is 25.8. The Labute approximate surface area is 219 Å². The molecular formula is C26H21ClF3N5O3. The Morgan fingerprint density at radius 2 is 1.89 bits per heavy atom. The lowest BCUT2D eigenvalue weighted by molar-refractivity contribution is 0.148. The highest BCUT2D eigenvalue weighted by Crippen LogP contribution is 2.38. The van der Waals surface area contributed by atoms with Gasteiger partial charge in [-0.3, -0.25) is 19.3 Å². The second-order valence-corrected chi connectivity index (χ2v) is 9.56. The van der Waals surface area contributed by atoms with Crippen molar-refractivity contribution in [2.24, 2.45) is 0 Å². The molecule has 196 valence electrons. The van der Waals surface area contributed by atoms with Crippen LogP contribution in [0.1, 0.15) is 35.6 Å². The molecule has 0 unspecified atom stereocenters. The molecule has 1 aliphatic carbocycles. The number of rotatable bonds is 7. The van der Waals surface area contributed by atoms with E-state index in [9.17, 15) is 18.7 Å². The van der Waals surface area contributed by atoms with Gasteiger partial charge in [0.25, 0.3) is 5.56 Å². The summed E-state index contributed by atoms with van der Waals surface area (Å²) in [5, 5.41) is 9.83. The molecule has 0 radical (unpaired) electrons. The molecule has 5 rings (SSSR count). The van der Waals surface area contributed by atoms with Gasteiger partial charge < -0.3 is 9.84 Å². The smallest absolute Gasteiger partial charge is 0.278 e.